The van der Waals surface area contributed by atoms with Crippen molar-refractivity contribution in [3.05, 3.63) is 29.8 Å². The summed E-state index contributed by atoms with van der Waals surface area (Å²) in [5, 5.41) is 0. The zero-order valence-corrected chi connectivity index (χ0v) is 12.3. The monoisotopic (exact) mass is 283 g/mol. The van der Waals surface area contributed by atoms with Gasteiger partial charge in [0.1, 0.15) is 18.5 Å². The van der Waals surface area contributed by atoms with Crippen LogP contribution in [0.4, 0.5) is 4.39 Å². The molecule has 0 aliphatic carbocycles. The lowest BCUT2D eigenvalue weighted by Gasteiger charge is -2.18. The van der Waals surface area contributed by atoms with Crippen molar-refractivity contribution < 1.29 is 18.7 Å². The van der Waals surface area contributed by atoms with Crippen molar-refractivity contribution in [1.29, 1.82) is 0 Å². The summed E-state index contributed by atoms with van der Waals surface area (Å²) < 4.78 is 23.3. The fourth-order valence-electron chi connectivity index (χ4n) is 1.68. The SMILES string of the molecule is CCC(F)CN(C)CCOc1ccc(C(=O)OC)cc1. The number of hydrogen-bond donors (Lipinski definition) is 0. The number of likely N-dealkylation sites (N-methyl/N-ethyl adjacent to an activating group) is 1. The minimum atomic E-state index is -0.792. The number of ether oxygens (including phenoxy) is 2. The maximum atomic E-state index is 13.2. The molecule has 0 radical (unpaired) electrons. The Morgan fingerprint density at radius 1 is 1.35 bits per heavy atom. The van der Waals surface area contributed by atoms with E-state index >= 15 is 0 Å². The van der Waals surface area contributed by atoms with Crippen molar-refractivity contribution in [2.75, 3.05) is 33.9 Å². The molecule has 0 heterocycles. The predicted molar refractivity (Wildman–Crippen MR) is 76.0 cm³/mol. The van der Waals surface area contributed by atoms with Crippen LogP contribution >= 0.6 is 0 Å². The summed E-state index contributed by atoms with van der Waals surface area (Å²) in [6.45, 7) is 3.38. The Morgan fingerprint density at radius 2 is 2.00 bits per heavy atom. The maximum absolute atomic E-state index is 13.2. The highest BCUT2D eigenvalue weighted by molar-refractivity contribution is 5.89. The van der Waals surface area contributed by atoms with Crippen molar-refractivity contribution in [3.8, 4) is 5.75 Å². The van der Waals surface area contributed by atoms with Gasteiger partial charge in [0, 0.05) is 13.1 Å². The Bertz CT molecular complexity index is 408. The van der Waals surface area contributed by atoms with Gasteiger partial charge >= 0.3 is 5.97 Å². The van der Waals surface area contributed by atoms with E-state index in [0.717, 1.165) is 0 Å². The summed E-state index contributed by atoms with van der Waals surface area (Å²) in [5.74, 6) is 0.308. The van der Waals surface area contributed by atoms with Crippen LogP contribution in [0.5, 0.6) is 5.75 Å². The highest BCUT2D eigenvalue weighted by Gasteiger charge is 2.08. The van der Waals surface area contributed by atoms with Gasteiger partial charge in [-0.05, 0) is 37.7 Å². The first-order valence-corrected chi connectivity index (χ1v) is 6.70. The van der Waals surface area contributed by atoms with Crippen LogP contribution in [0.1, 0.15) is 23.7 Å². The van der Waals surface area contributed by atoms with Gasteiger partial charge < -0.3 is 14.4 Å². The minimum Gasteiger partial charge on any atom is -0.492 e. The van der Waals surface area contributed by atoms with Crippen LogP contribution in [0.15, 0.2) is 24.3 Å². The third-order valence-electron chi connectivity index (χ3n) is 2.97. The van der Waals surface area contributed by atoms with E-state index in [1.54, 1.807) is 24.3 Å². The Balaban J connectivity index is 2.33. The highest BCUT2D eigenvalue weighted by Crippen LogP contribution is 2.12. The second-order valence-corrected chi connectivity index (χ2v) is 4.63. The van der Waals surface area contributed by atoms with Crippen molar-refractivity contribution in [2.24, 2.45) is 0 Å². The molecule has 0 N–H and O–H groups in total. The standard InChI is InChI=1S/C15H22FNO3/c1-4-13(16)11-17(2)9-10-20-14-7-5-12(6-8-14)15(18)19-3/h5-8,13H,4,9-11H2,1-3H3. The first-order valence-electron chi connectivity index (χ1n) is 6.70. The second kappa shape index (κ2) is 8.53. The van der Waals surface area contributed by atoms with E-state index < -0.39 is 6.17 Å². The zero-order valence-electron chi connectivity index (χ0n) is 12.3. The van der Waals surface area contributed by atoms with Crippen LogP contribution in [0, 0.1) is 0 Å². The van der Waals surface area contributed by atoms with Crippen molar-refractivity contribution in [2.45, 2.75) is 19.5 Å². The molecule has 1 aromatic carbocycles. The molecular formula is C15H22FNO3. The van der Waals surface area contributed by atoms with E-state index in [4.69, 9.17) is 4.74 Å². The van der Waals surface area contributed by atoms with E-state index in [-0.39, 0.29) is 5.97 Å². The summed E-state index contributed by atoms with van der Waals surface area (Å²) in [7, 11) is 3.21. The minimum absolute atomic E-state index is 0.371. The largest absolute Gasteiger partial charge is 0.492 e. The Morgan fingerprint density at radius 3 is 2.55 bits per heavy atom. The molecule has 1 atom stereocenters. The van der Waals surface area contributed by atoms with E-state index in [0.29, 0.717) is 37.4 Å². The molecule has 1 unspecified atom stereocenters. The molecule has 20 heavy (non-hydrogen) atoms. The normalized spacial score (nSPS) is 12.2. The number of alkyl halides is 1. The summed E-state index contributed by atoms with van der Waals surface area (Å²) in [4.78, 5) is 13.2. The van der Waals surface area contributed by atoms with E-state index in [1.807, 2.05) is 18.9 Å². The fourth-order valence-corrected chi connectivity index (χ4v) is 1.68. The summed E-state index contributed by atoms with van der Waals surface area (Å²) in [6, 6.07) is 6.74. The molecular weight excluding hydrogens is 261 g/mol. The maximum Gasteiger partial charge on any atom is 0.337 e. The Kier molecular flexibility index (Phi) is 7.01. The van der Waals surface area contributed by atoms with Crippen LogP contribution in [0.25, 0.3) is 0 Å². The summed E-state index contributed by atoms with van der Waals surface area (Å²) in [5.41, 5.74) is 0.486. The van der Waals surface area contributed by atoms with E-state index in [9.17, 15) is 9.18 Å². The molecule has 0 fully saturated rings. The summed E-state index contributed by atoms with van der Waals surface area (Å²) >= 11 is 0. The van der Waals surface area contributed by atoms with Gasteiger partial charge in [-0.15, -0.1) is 0 Å². The van der Waals surface area contributed by atoms with Crippen LogP contribution in [0.3, 0.4) is 0 Å². The third kappa shape index (κ3) is 5.57. The molecule has 1 aromatic rings. The number of carbonyl (C=O) groups excluding carboxylic acids is 1. The van der Waals surface area contributed by atoms with Crippen LogP contribution in [0.2, 0.25) is 0 Å². The molecule has 5 heteroatoms. The van der Waals surface area contributed by atoms with Gasteiger partial charge in [-0.3, -0.25) is 0 Å². The molecule has 0 saturated carbocycles. The van der Waals surface area contributed by atoms with Gasteiger partial charge in [0.05, 0.1) is 12.7 Å². The molecule has 0 aromatic heterocycles. The lowest BCUT2D eigenvalue weighted by atomic mass is 10.2. The quantitative estimate of drug-likeness (QED) is 0.687. The number of nitrogens with zero attached hydrogens (tertiary/aromatic N) is 1. The number of rotatable bonds is 8. The van der Waals surface area contributed by atoms with Gasteiger partial charge in [0.25, 0.3) is 0 Å². The number of methoxy groups -OCH3 is 1. The van der Waals surface area contributed by atoms with Gasteiger partial charge in [-0.25, -0.2) is 9.18 Å². The van der Waals surface area contributed by atoms with Crippen LogP contribution < -0.4 is 4.74 Å². The van der Waals surface area contributed by atoms with Gasteiger partial charge in [-0.2, -0.15) is 0 Å². The van der Waals surface area contributed by atoms with E-state index in [2.05, 4.69) is 4.74 Å². The molecule has 112 valence electrons. The number of esters is 1. The molecule has 0 saturated heterocycles. The average Bonchev–Trinajstić information content (AvgIpc) is 2.47. The molecule has 0 spiro atoms. The molecule has 1 rings (SSSR count). The Hall–Kier alpha value is -1.62. The van der Waals surface area contributed by atoms with Gasteiger partial charge in [0.15, 0.2) is 0 Å². The number of carbonyl (C=O) groups is 1. The first kappa shape index (κ1) is 16.4. The predicted octanol–water partition coefficient (Wildman–Crippen LogP) is 2.53. The van der Waals surface area contributed by atoms with Gasteiger partial charge in [-0.1, -0.05) is 6.92 Å². The molecule has 0 aliphatic heterocycles. The molecule has 4 nitrogen and oxygen atoms in total. The molecule has 0 bridgehead atoms. The molecule has 0 amide bonds. The number of hydrogen-bond acceptors (Lipinski definition) is 4. The highest BCUT2D eigenvalue weighted by atomic mass is 19.1. The number of benzene rings is 1. The van der Waals surface area contributed by atoms with Crippen molar-refractivity contribution >= 4 is 5.97 Å². The Labute approximate surface area is 119 Å². The summed E-state index contributed by atoms with van der Waals surface area (Å²) in [6.07, 6.45) is -0.264. The van der Waals surface area contributed by atoms with Crippen LogP contribution in [-0.4, -0.2) is 50.9 Å². The molecule has 0 aliphatic rings. The third-order valence-corrected chi connectivity index (χ3v) is 2.97. The lowest BCUT2D eigenvalue weighted by Crippen LogP contribution is -2.30. The van der Waals surface area contributed by atoms with Crippen molar-refractivity contribution in [3.63, 3.8) is 0 Å². The topological polar surface area (TPSA) is 38.8 Å². The average molecular weight is 283 g/mol. The smallest absolute Gasteiger partial charge is 0.337 e. The number of halogens is 1. The van der Waals surface area contributed by atoms with Crippen LogP contribution in [-0.2, 0) is 4.74 Å². The lowest BCUT2D eigenvalue weighted by molar-refractivity contribution is 0.0600. The van der Waals surface area contributed by atoms with Gasteiger partial charge in [0.2, 0.25) is 0 Å². The first-order chi connectivity index (χ1) is 9.56. The zero-order chi connectivity index (χ0) is 15.0. The second-order valence-electron chi connectivity index (χ2n) is 4.63. The fraction of sp³-hybridized carbons (Fsp3) is 0.533. The van der Waals surface area contributed by atoms with E-state index in [1.165, 1.54) is 7.11 Å². The van der Waals surface area contributed by atoms with Crippen molar-refractivity contribution in [1.82, 2.24) is 4.90 Å².